The number of rotatable bonds is 3. The second-order valence-electron chi connectivity index (χ2n) is 13.4. The molecule has 4 aromatic rings. The van der Waals surface area contributed by atoms with Gasteiger partial charge in [-0.3, -0.25) is 0 Å². The fourth-order valence-electron chi connectivity index (χ4n) is 7.03. The molecule has 39 heavy (non-hydrogen) atoms. The average molecular weight is 509 g/mol. The van der Waals surface area contributed by atoms with Crippen LogP contribution in [-0.4, -0.2) is 0 Å². The number of hydrogen-bond donors (Lipinski definition) is 0. The molecular formula is C39H40. The molecular weight excluding hydrogens is 468 g/mol. The average Bonchev–Trinajstić information content (AvgIpc) is 3.56. The molecule has 0 heteroatoms. The Hall–Kier alpha value is -3.64. The van der Waals surface area contributed by atoms with Gasteiger partial charge in [0, 0.05) is 5.92 Å². The van der Waals surface area contributed by atoms with Crippen LogP contribution in [0.3, 0.4) is 0 Å². The molecule has 0 atom stereocenters. The third kappa shape index (κ3) is 4.31. The molecule has 4 aromatic carbocycles. The molecule has 2 aliphatic carbocycles. The number of benzene rings is 4. The topological polar surface area (TPSA) is 0 Å². The molecule has 0 saturated heterocycles. The zero-order valence-corrected chi connectivity index (χ0v) is 24.5. The van der Waals surface area contributed by atoms with Crippen LogP contribution in [0.25, 0.3) is 33.4 Å². The molecule has 0 spiro atoms. The van der Waals surface area contributed by atoms with Crippen LogP contribution < -0.4 is 0 Å². The lowest BCUT2D eigenvalue weighted by atomic mass is 9.72. The maximum atomic E-state index is 2.54. The summed E-state index contributed by atoms with van der Waals surface area (Å²) in [6, 6.07) is 27.1. The van der Waals surface area contributed by atoms with Crippen molar-refractivity contribution in [3.63, 3.8) is 0 Å². The van der Waals surface area contributed by atoms with Gasteiger partial charge in [0.05, 0.1) is 0 Å². The summed E-state index contributed by atoms with van der Waals surface area (Å²) in [4.78, 5) is 0. The Morgan fingerprint density at radius 2 is 1.23 bits per heavy atom. The predicted molar refractivity (Wildman–Crippen MR) is 169 cm³/mol. The number of fused-ring (bicyclic) bond motifs is 3. The van der Waals surface area contributed by atoms with Crippen LogP contribution in [0.2, 0.25) is 0 Å². The Morgan fingerprint density at radius 3 is 1.79 bits per heavy atom. The van der Waals surface area contributed by atoms with Gasteiger partial charge < -0.3 is 0 Å². The summed E-state index contributed by atoms with van der Waals surface area (Å²) in [5.41, 5.74) is 17.2. The SMILES string of the molecule is Cc1c2c(c(C3C=CC=C3)c(-c3ccccc3)c1C(C)(C)C)Cc1cc(-c3ccccc3)c(C(C)(C)C)cc1-2. The summed E-state index contributed by atoms with van der Waals surface area (Å²) in [6.45, 7) is 16.6. The Bertz CT molecular complexity index is 1600. The lowest BCUT2D eigenvalue weighted by Gasteiger charge is -2.32. The molecule has 0 bridgehead atoms. The molecule has 0 amide bonds. The molecule has 2 aliphatic rings. The summed E-state index contributed by atoms with van der Waals surface area (Å²) >= 11 is 0. The van der Waals surface area contributed by atoms with E-state index >= 15 is 0 Å². The second-order valence-corrected chi connectivity index (χ2v) is 13.4. The van der Waals surface area contributed by atoms with Crippen molar-refractivity contribution in [1.82, 2.24) is 0 Å². The highest BCUT2D eigenvalue weighted by molar-refractivity contribution is 5.91. The highest BCUT2D eigenvalue weighted by atomic mass is 14.4. The van der Waals surface area contributed by atoms with Crippen molar-refractivity contribution in [3.05, 3.63) is 130 Å². The van der Waals surface area contributed by atoms with Crippen molar-refractivity contribution in [2.45, 2.75) is 71.6 Å². The lowest BCUT2D eigenvalue weighted by molar-refractivity contribution is 0.587. The van der Waals surface area contributed by atoms with Crippen molar-refractivity contribution in [1.29, 1.82) is 0 Å². The summed E-state index contributed by atoms with van der Waals surface area (Å²) in [5, 5.41) is 0. The predicted octanol–water partition coefficient (Wildman–Crippen LogP) is 10.7. The monoisotopic (exact) mass is 508 g/mol. The van der Waals surface area contributed by atoms with E-state index < -0.39 is 0 Å². The molecule has 6 rings (SSSR count). The van der Waals surface area contributed by atoms with Crippen molar-refractivity contribution in [2.24, 2.45) is 0 Å². The van der Waals surface area contributed by atoms with Gasteiger partial charge >= 0.3 is 0 Å². The molecule has 0 unspecified atom stereocenters. The fourth-order valence-corrected chi connectivity index (χ4v) is 7.03. The normalized spacial score (nSPS) is 14.6. The van der Waals surface area contributed by atoms with Gasteiger partial charge in [0.1, 0.15) is 0 Å². The van der Waals surface area contributed by atoms with E-state index in [0.29, 0.717) is 5.92 Å². The van der Waals surface area contributed by atoms with Gasteiger partial charge in [0.25, 0.3) is 0 Å². The third-order valence-corrected chi connectivity index (χ3v) is 8.56. The van der Waals surface area contributed by atoms with Crippen molar-refractivity contribution in [3.8, 4) is 33.4 Å². The van der Waals surface area contributed by atoms with E-state index in [0.717, 1.165) is 6.42 Å². The first-order valence-electron chi connectivity index (χ1n) is 14.4. The van der Waals surface area contributed by atoms with E-state index in [2.05, 4.69) is 146 Å². The molecule has 0 aliphatic heterocycles. The van der Waals surface area contributed by atoms with Gasteiger partial charge in [-0.2, -0.15) is 0 Å². The third-order valence-electron chi connectivity index (χ3n) is 8.56. The van der Waals surface area contributed by atoms with E-state index in [1.807, 2.05) is 0 Å². The minimum atomic E-state index is 0.00462. The number of allylic oxidation sites excluding steroid dienone is 4. The summed E-state index contributed by atoms with van der Waals surface area (Å²) in [7, 11) is 0. The molecule has 0 aromatic heterocycles. The Morgan fingerprint density at radius 1 is 0.641 bits per heavy atom. The highest BCUT2D eigenvalue weighted by Gasteiger charge is 2.35. The molecule has 0 heterocycles. The van der Waals surface area contributed by atoms with Crippen molar-refractivity contribution < 1.29 is 0 Å². The first-order chi connectivity index (χ1) is 18.6. The molecule has 0 N–H and O–H groups in total. The standard InChI is InChI=1S/C39H40/c1-25-34-31-24-33(38(2,3)4)30(26-16-10-8-11-17-26)22-29(31)23-32(34)35(27-20-14-15-21-27)36(37(25)39(5,6)7)28-18-12-9-13-19-28/h8-22,24,27H,23H2,1-7H3. The number of hydrogen-bond acceptors (Lipinski definition) is 0. The minimum absolute atomic E-state index is 0.00462. The van der Waals surface area contributed by atoms with E-state index in [-0.39, 0.29) is 10.8 Å². The molecule has 0 saturated carbocycles. The van der Waals surface area contributed by atoms with Crippen LogP contribution in [-0.2, 0) is 17.3 Å². The van der Waals surface area contributed by atoms with Gasteiger partial charge in [-0.15, -0.1) is 0 Å². The van der Waals surface area contributed by atoms with Crippen LogP contribution in [0.15, 0.2) is 97.1 Å². The van der Waals surface area contributed by atoms with Crippen LogP contribution >= 0.6 is 0 Å². The smallest absolute Gasteiger partial charge is 0.0214 e. The summed E-state index contributed by atoms with van der Waals surface area (Å²) in [6.07, 6.45) is 10.2. The van der Waals surface area contributed by atoms with Crippen molar-refractivity contribution >= 4 is 0 Å². The molecule has 0 fully saturated rings. The first kappa shape index (κ1) is 25.6. The lowest BCUT2D eigenvalue weighted by Crippen LogP contribution is -2.18. The second kappa shape index (κ2) is 9.23. The Balaban J connectivity index is 1.72. The van der Waals surface area contributed by atoms with Crippen molar-refractivity contribution in [2.75, 3.05) is 0 Å². The van der Waals surface area contributed by atoms with E-state index in [4.69, 9.17) is 0 Å². The zero-order chi connectivity index (χ0) is 27.5. The molecule has 0 radical (unpaired) electrons. The summed E-state index contributed by atoms with van der Waals surface area (Å²) in [5.74, 6) is 0.292. The molecule has 0 nitrogen and oxygen atoms in total. The largest absolute Gasteiger partial charge is 0.0732 e. The Kier molecular flexibility index (Phi) is 6.07. The van der Waals surface area contributed by atoms with Gasteiger partial charge in [0.15, 0.2) is 0 Å². The van der Waals surface area contributed by atoms with Crippen LogP contribution in [0.5, 0.6) is 0 Å². The van der Waals surface area contributed by atoms with E-state index in [1.165, 1.54) is 66.8 Å². The van der Waals surface area contributed by atoms with Gasteiger partial charge in [-0.05, 0) is 103 Å². The highest BCUT2D eigenvalue weighted by Crippen LogP contribution is 2.53. The van der Waals surface area contributed by atoms with Gasteiger partial charge in [0.2, 0.25) is 0 Å². The van der Waals surface area contributed by atoms with E-state index in [1.54, 1.807) is 0 Å². The fraction of sp³-hybridized carbons (Fsp3) is 0.282. The Labute approximate surface area is 235 Å². The van der Waals surface area contributed by atoms with Gasteiger partial charge in [-0.1, -0.05) is 127 Å². The quantitative estimate of drug-likeness (QED) is 0.227. The van der Waals surface area contributed by atoms with Gasteiger partial charge in [-0.25, -0.2) is 0 Å². The zero-order valence-electron chi connectivity index (χ0n) is 24.5. The minimum Gasteiger partial charge on any atom is -0.0732 e. The summed E-state index contributed by atoms with van der Waals surface area (Å²) < 4.78 is 0. The maximum absolute atomic E-state index is 2.54. The maximum Gasteiger partial charge on any atom is 0.0214 e. The first-order valence-corrected chi connectivity index (χ1v) is 14.4. The molecule has 196 valence electrons. The van der Waals surface area contributed by atoms with Crippen LogP contribution in [0, 0.1) is 6.92 Å². The van der Waals surface area contributed by atoms with E-state index in [9.17, 15) is 0 Å². The van der Waals surface area contributed by atoms with Crippen LogP contribution in [0.1, 0.15) is 80.8 Å². The van der Waals surface area contributed by atoms with Crippen LogP contribution in [0.4, 0.5) is 0 Å².